The van der Waals surface area contributed by atoms with E-state index in [1.54, 1.807) is 0 Å². The van der Waals surface area contributed by atoms with Gasteiger partial charge in [0.2, 0.25) is 5.91 Å². The molecule has 0 bridgehead atoms. The number of carbonyl (C=O) groups is 2. The molecular weight excluding hydrogens is 264 g/mol. The van der Waals surface area contributed by atoms with Crippen LogP contribution in [0.3, 0.4) is 0 Å². The number of amides is 1. The smallest absolute Gasteiger partial charge is 0.242 e. The Bertz CT molecular complexity index is 681. The summed E-state index contributed by atoms with van der Waals surface area (Å²) in [5, 5.41) is 0.943. The zero-order chi connectivity index (χ0) is 14.8. The quantitative estimate of drug-likeness (QED) is 0.810. The lowest BCUT2D eigenvalue weighted by atomic mass is 10.1. The Morgan fingerprint density at radius 3 is 2.57 bits per heavy atom. The molecule has 110 valence electrons. The number of likely N-dealkylation sites (tertiary alicyclic amines) is 1. The zero-order valence-electron chi connectivity index (χ0n) is 12.3. The molecule has 0 unspecified atom stereocenters. The first-order chi connectivity index (χ1) is 10.2. The van der Waals surface area contributed by atoms with Crippen molar-refractivity contribution in [3.8, 4) is 0 Å². The molecule has 1 fully saturated rings. The summed E-state index contributed by atoms with van der Waals surface area (Å²) in [6, 6.07) is 7.80. The molecule has 1 aromatic heterocycles. The van der Waals surface area contributed by atoms with Crippen molar-refractivity contribution in [2.45, 2.75) is 32.7 Å². The lowest BCUT2D eigenvalue weighted by Gasteiger charge is -2.15. The van der Waals surface area contributed by atoms with E-state index in [2.05, 4.69) is 0 Å². The van der Waals surface area contributed by atoms with Gasteiger partial charge in [-0.05, 0) is 18.9 Å². The van der Waals surface area contributed by atoms with Gasteiger partial charge in [0.25, 0.3) is 0 Å². The summed E-state index contributed by atoms with van der Waals surface area (Å²) < 4.78 is 1.92. The van der Waals surface area contributed by atoms with Gasteiger partial charge < -0.3 is 9.47 Å². The Balaban J connectivity index is 1.94. The molecular formula is C17H20N2O2. The third-order valence-electron chi connectivity index (χ3n) is 4.17. The highest BCUT2D eigenvalue weighted by Crippen LogP contribution is 2.23. The SMILES string of the molecule is CCC(=O)c1cn(CC(=O)N2CCCC2)c2ccccc12. The van der Waals surface area contributed by atoms with Crippen molar-refractivity contribution in [1.82, 2.24) is 9.47 Å². The molecule has 1 aromatic carbocycles. The van der Waals surface area contributed by atoms with Crippen molar-refractivity contribution in [2.24, 2.45) is 0 Å². The summed E-state index contributed by atoms with van der Waals surface area (Å²) in [6.07, 6.45) is 4.51. The molecule has 1 amide bonds. The Morgan fingerprint density at radius 1 is 1.14 bits per heavy atom. The first-order valence-electron chi connectivity index (χ1n) is 7.59. The number of benzene rings is 1. The van der Waals surface area contributed by atoms with Crippen molar-refractivity contribution in [2.75, 3.05) is 13.1 Å². The monoisotopic (exact) mass is 284 g/mol. The number of para-hydroxylation sites is 1. The normalized spacial score (nSPS) is 14.8. The molecule has 1 saturated heterocycles. The third kappa shape index (κ3) is 2.58. The van der Waals surface area contributed by atoms with Gasteiger partial charge in [0.05, 0.1) is 0 Å². The van der Waals surface area contributed by atoms with Gasteiger partial charge in [0.15, 0.2) is 5.78 Å². The maximum Gasteiger partial charge on any atom is 0.242 e. The van der Waals surface area contributed by atoms with Gasteiger partial charge in [-0.3, -0.25) is 9.59 Å². The Morgan fingerprint density at radius 2 is 1.86 bits per heavy atom. The molecule has 0 saturated carbocycles. The maximum atomic E-state index is 12.3. The van der Waals surface area contributed by atoms with Crippen molar-refractivity contribution < 1.29 is 9.59 Å². The van der Waals surface area contributed by atoms with E-state index in [1.807, 2.05) is 46.9 Å². The van der Waals surface area contributed by atoms with Crippen molar-refractivity contribution in [1.29, 1.82) is 0 Å². The van der Waals surface area contributed by atoms with Crippen LogP contribution in [-0.4, -0.2) is 34.2 Å². The van der Waals surface area contributed by atoms with Crippen LogP contribution in [0.1, 0.15) is 36.5 Å². The average Bonchev–Trinajstić information content (AvgIpc) is 3.15. The molecule has 21 heavy (non-hydrogen) atoms. The Hall–Kier alpha value is -2.10. The van der Waals surface area contributed by atoms with E-state index < -0.39 is 0 Å². The minimum Gasteiger partial charge on any atom is -0.341 e. The Labute approximate surface area is 124 Å². The van der Waals surface area contributed by atoms with Crippen LogP contribution in [0, 0.1) is 0 Å². The van der Waals surface area contributed by atoms with Crippen LogP contribution in [0.2, 0.25) is 0 Å². The highest BCUT2D eigenvalue weighted by Gasteiger charge is 2.20. The summed E-state index contributed by atoms with van der Waals surface area (Å²) in [7, 11) is 0. The highest BCUT2D eigenvalue weighted by atomic mass is 16.2. The molecule has 2 heterocycles. The fourth-order valence-electron chi connectivity index (χ4n) is 3.00. The number of rotatable bonds is 4. The van der Waals surface area contributed by atoms with Gasteiger partial charge in [0.1, 0.15) is 6.54 Å². The summed E-state index contributed by atoms with van der Waals surface area (Å²) in [4.78, 5) is 26.3. The second-order valence-electron chi connectivity index (χ2n) is 5.55. The van der Waals surface area contributed by atoms with E-state index in [0.29, 0.717) is 13.0 Å². The molecule has 2 aromatic rings. The van der Waals surface area contributed by atoms with Gasteiger partial charge in [0, 0.05) is 42.2 Å². The number of nitrogens with zero attached hydrogens (tertiary/aromatic N) is 2. The second kappa shape index (κ2) is 5.72. The van der Waals surface area contributed by atoms with E-state index >= 15 is 0 Å². The van der Waals surface area contributed by atoms with Crippen LogP contribution in [0.15, 0.2) is 30.5 Å². The first kappa shape index (κ1) is 13.9. The summed E-state index contributed by atoms with van der Waals surface area (Å²) in [6.45, 7) is 3.90. The number of aromatic nitrogens is 1. The lowest BCUT2D eigenvalue weighted by molar-refractivity contribution is -0.130. The highest BCUT2D eigenvalue weighted by molar-refractivity contribution is 6.08. The molecule has 3 rings (SSSR count). The molecule has 0 N–H and O–H groups in total. The molecule has 0 atom stereocenters. The Kier molecular flexibility index (Phi) is 3.78. The molecule has 0 spiro atoms. The molecule has 0 radical (unpaired) electrons. The predicted molar refractivity (Wildman–Crippen MR) is 82.4 cm³/mol. The summed E-state index contributed by atoms with van der Waals surface area (Å²) >= 11 is 0. The number of Topliss-reactive ketones (excluding diaryl/α,β-unsaturated/α-hetero) is 1. The minimum absolute atomic E-state index is 0.124. The van der Waals surface area contributed by atoms with E-state index in [0.717, 1.165) is 42.4 Å². The van der Waals surface area contributed by atoms with Crippen molar-refractivity contribution in [3.05, 3.63) is 36.0 Å². The fourth-order valence-corrected chi connectivity index (χ4v) is 3.00. The van der Waals surface area contributed by atoms with Crippen molar-refractivity contribution >= 4 is 22.6 Å². The molecule has 4 nitrogen and oxygen atoms in total. The minimum atomic E-state index is 0.124. The average molecular weight is 284 g/mol. The van der Waals surface area contributed by atoms with Crippen LogP contribution in [0.4, 0.5) is 0 Å². The number of hydrogen-bond donors (Lipinski definition) is 0. The number of fused-ring (bicyclic) bond motifs is 1. The summed E-state index contributed by atoms with van der Waals surface area (Å²) in [5.41, 5.74) is 1.68. The van der Waals surface area contributed by atoms with Crippen LogP contribution >= 0.6 is 0 Å². The van der Waals surface area contributed by atoms with E-state index in [1.165, 1.54) is 0 Å². The first-order valence-corrected chi connectivity index (χ1v) is 7.59. The maximum absolute atomic E-state index is 12.3. The zero-order valence-corrected chi connectivity index (χ0v) is 12.3. The fraction of sp³-hybridized carbons (Fsp3) is 0.412. The lowest BCUT2D eigenvalue weighted by Crippen LogP contribution is -2.30. The van der Waals surface area contributed by atoms with Gasteiger partial charge in [-0.1, -0.05) is 25.1 Å². The van der Waals surface area contributed by atoms with Crippen LogP contribution < -0.4 is 0 Å². The van der Waals surface area contributed by atoms with Crippen LogP contribution in [0.5, 0.6) is 0 Å². The van der Waals surface area contributed by atoms with E-state index in [4.69, 9.17) is 0 Å². The standard InChI is InChI=1S/C17H20N2O2/c1-2-16(20)14-11-19(15-8-4-3-7-13(14)15)12-17(21)18-9-5-6-10-18/h3-4,7-8,11H,2,5-6,9-10,12H2,1H3. The molecule has 0 aliphatic carbocycles. The van der Waals surface area contributed by atoms with E-state index in [9.17, 15) is 9.59 Å². The molecule has 1 aliphatic heterocycles. The largest absolute Gasteiger partial charge is 0.341 e. The van der Waals surface area contributed by atoms with Gasteiger partial charge in [-0.15, -0.1) is 0 Å². The second-order valence-corrected chi connectivity index (χ2v) is 5.55. The molecule has 1 aliphatic rings. The summed E-state index contributed by atoms with van der Waals surface area (Å²) in [5.74, 6) is 0.266. The van der Waals surface area contributed by atoms with Gasteiger partial charge in [-0.25, -0.2) is 0 Å². The number of hydrogen-bond acceptors (Lipinski definition) is 2. The third-order valence-corrected chi connectivity index (χ3v) is 4.17. The predicted octanol–water partition coefficient (Wildman–Crippen LogP) is 2.86. The topological polar surface area (TPSA) is 42.3 Å². The van der Waals surface area contributed by atoms with Crippen LogP contribution in [0.25, 0.3) is 10.9 Å². The number of carbonyl (C=O) groups excluding carboxylic acids is 2. The van der Waals surface area contributed by atoms with Crippen LogP contribution in [-0.2, 0) is 11.3 Å². The molecule has 4 heteroatoms. The van der Waals surface area contributed by atoms with Gasteiger partial charge >= 0.3 is 0 Å². The van der Waals surface area contributed by atoms with Gasteiger partial charge in [-0.2, -0.15) is 0 Å². The van der Waals surface area contributed by atoms with Crippen molar-refractivity contribution in [3.63, 3.8) is 0 Å². The number of ketones is 1. The van der Waals surface area contributed by atoms with E-state index in [-0.39, 0.29) is 11.7 Å².